The number of hydrogen-bond donors (Lipinski definition) is 0. The van der Waals surface area contributed by atoms with Gasteiger partial charge in [0.25, 0.3) is 0 Å². The van der Waals surface area contributed by atoms with Crippen LogP contribution in [0.15, 0.2) is 115 Å². The van der Waals surface area contributed by atoms with Crippen molar-refractivity contribution in [2.75, 3.05) is 0 Å². The minimum absolute atomic E-state index is 0.176. The van der Waals surface area contributed by atoms with Crippen LogP contribution in [0.25, 0.3) is 32.7 Å². The molecule has 0 atom stereocenters. The first-order chi connectivity index (χ1) is 19.5. The zero-order chi connectivity index (χ0) is 27.8. The highest BCUT2D eigenvalue weighted by Crippen LogP contribution is 2.35. The fourth-order valence-corrected chi connectivity index (χ4v) is 6.05. The maximum absolute atomic E-state index is 14.8. The predicted octanol–water partition coefficient (Wildman–Crippen LogP) is 8.66. The van der Waals surface area contributed by atoms with Crippen molar-refractivity contribution >= 4 is 46.9 Å². The van der Waals surface area contributed by atoms with E-state index in [1.807, 2.05) is 117 Å². The number of carbonyl (C=O) groups excluding carboxylic acids is 2. The van der Waals surface area contributed by atoms with Gasteiger partial charge in [0.15, 0.2) is 20.0 Å². The summed E-state index contributed by atoms with van der Waals surface area (Å²) < 4.78 is 12.6. The molecule has 3 nitrogen and oxygen atoms in total. The van der Waals surface area contributed by atoms with Gasteiger partial charge in [0.2, 0.25) is 0 Å². The lowest BCUT2D eigenvalue weighted by Crippen LogP contribution is -2.21. The quantitative estimate of drug-likeness (QED) is 0.158. The second kappa shape index (κ2) is 10.4. The molecule has 6 aromatic carbocycles. The third-order valence-corrected chi connectivity index (χ3v) is 8.12. The Morgan fingerprint density at radius 2 is 1.00 bits per heavy atom. The zero-order valence-electron chi connectivity index (χ0n) is 22.1. The number of benzene rings is 6. The monoisotopic (exact) mass is 536 g/mol. The van der Waals surface area contributed by atoms with Gasteiger partial charge >= 0.3 is 0 Å². The lowest BCUT2D eigenvalue weighted by atomic mass is 9.83. The summed E-state index contributed by atoms with van der Waals surface area (Å²) in [5, 5.41) is 3.77. The Kier molecular flexibility index (Phi) is 6.67. The van der Waals surface area contributed by atoms with Crippen LogP contribution in [-0.4, -0.2) is 11.6 Å². The summed E-state index contributed by atoms with van der Waals surface area (Å²) in [6.07, 6.45) is 0. The minimum Gasteiger partial charge on any atom is -0.289 e. The highest BCUT2D eigenvalue weighted by Gasteiger charge is 2.30. The summed E-state index contributed by atoms with van der Waals surface area (Å²) in [6, 6.07) is 36.4. The van der Waals surface area contributed by atoms with Gasteiger partial charge in [-0.05, 0) is 63.7 Å². The molecule has 0 heterocycles. The molecule has 0 aromatic heterocycles. The highest BCUT2D eigenvalue weighted by atomic mass is 31.1. The fraction of sp³-hybridized carbons (Fsp3) is 0.0556. The first-order valence-electron chi connectivity index (χ1n) is 13.1. The van der Waals surface area contributed by atoms with E-state index in [-0.39, 0.29) is 31.2 Å². The summed E-state index contributed by atoms with van der Waals surface area (Å²) in [5.74, 6) is -0.577. The van der Waals surface area contributed by atoms with Crippen molar-refractivity contribution in [1.82, 2.24) is 0 Å². The van der Waals surface area contributed by atoms with Crippen molar-refractivity contribution in [2.45, 2.75) is 13.8 Å². The summed E-state index contributed by atoms with van der Waals surface area (Å²) in [4.78, 5) is 29.4. The van der Waals surface area contributed by atoms with Crippen LogP contribution < -0.4 is 5.30 Å². The number of fused-ring (bicyclic) bond motifs is 2. The standard InChI is InChI=1S/C36H25O3P/c1-22-16-18-25-12-6-8-14-27(25)31(22)35(37)33-29(24-10-4-3-5-11-24)20-21-30(40-39)34(33)36(38)32-23(2)17-19-26-13-7-9-15-28(26)32/h3-21H,1-2H3. The lowest BCUT2D eigenvalue weighted by Gasteiger charge is -2.19. The van der Waals surface area contributed by atoms with E-state index in [2.05, 4.69) is 0 Å². The van der Waals surface area contributed by atoms with E-state index in [0.29, 0.717) is 22.0 Å². The Morgan fingerprint density at radius 3 is 1.55 bits per heavy atom. The van der Waals surface area contributed by atoms with Crippen LogP contribution in [0.3, 0.4) is 0 Å². The third kappa shape index (κ3) is 4.25. The van der Waals surface area contributed by atoms with E-state index in [9.17, 15) is 14.2 Å². The Balaban J connectivity index is 1.72. The normalized spacial score (nSPS) is 11.2. The molecule has 0 N–H and O–H groups in total. The topological polar surface area (TPSA) is 51.2 Å². The van der Waals surface area contributed by atoms with Crippen molar-refractivity contribution in [3.8, 4) is 11.1 Å². The van der Waals surface area contributed by atoms with Gasteiger partial charge in [-0.25, -0.2) is 0 Å². The predicted molar refractivity (Wildman–Crippen MR) is 163 cm³/mol. The molecular weight excluding hydrogens is 511 g/mol. The second-order valence-electron chi connectivity index (χ2n) is 9.96. The largest absolute Gasteiger partial charge is 0.289 e. The van der Waals surface area contributed by atoms with Crippen molar-refractivity contribution in [3.05, 3.63) is 149 Å². The minimum atomic E-state index is -0.329. The van der Waals surface area contributed by atoms with Gasteiger partial charge in [0, 0.05) is 22.3 Å². The molecule has 0 aliphatic carbocycles. The number of carbonyl (C=O) groups is 2. The highest BCUT2D eigenvalue weighted by molar-refractivity contribution is 7.34. The summed E-state index contributed by atoms with van der Waals surface area (Å²) >= 11 is 0. The summed E-state index contributed by atoms with van der Waals surface area (Å²) in [7, 11) is -0.329. The molecule has 0 aliphatic rings. The third-order valence-electron chi connectivity index (χ3n) is 7.55. The van der Waals surface area contributed by atoms with Crippen LogP contribution in [-0.2, 0) is 4.57 Å². The Labute approximate surface area is 234 Å². The van der Waals surface area contributed by atoms with Crippen LogP contribution in [0.1, 0.15) is 43.0 Å². The molecular formula is C36H25O3P. The summed E-state index contributed by atoms with van der Waals surface area (Å²) in [5.41, 5.74) is 4.54. The lowest BCUT2D eigenvalue weighted by molar-refractivity contribution is 0.101. The smallest absolute Gasteiger partial charge is 0.195 e. The Hall–Kier alpha value is -4.72. The van der Waals surface area contributed by atoms with E-state index >= 15 is 0 Å². The number of hydrogen-bond acceptors (Lipinski definition) is 3. The molecule has 6 rings (SSSR count). The molecule has 4 heteroatoms. The van der Waals surface area contributed by atoms with Crippen molar-refractivity contribution < 1.29 is 14.2 Å². The van der Waals surface area contributed by atoms with Crippen LogP contribution in [0.4, 0.5) is 0 Å². The van der Waals surface area contributed by atoms with Crippen LogP contribution in [0.5, 0.6) is 0 Å². The first-order valence-corrected chi connectivity index (χ1v) is 13.9. The average molecular weight is 537 g/mol. The van der Waals surface area contributed by atoms with Gasteiger partial charge in [0.05, 0.1) is 5.30 Å². The van der Waals surface area contributed by atoms with Gasteiger partial charge in [-0.3, -0.25) is 14.2 Å². The molecule has 0 bridgehead atoms. The van der Waals surface area contributed by atoms with Crippen molar-refractivity contribution in [2.24, 2.45) is 0 Å². The molecule has 0 radical (unpaired) electrons. The van der Waals surface area contributed by atoms with E-state index in [1.165, 1.54) is 0 Å². The number of ketones is 2. The van der Waals surface area contributed by atoms with Gasteiger partial charge in [-0.15, -0.1) is 0 Å². The van der Waals surface area contributed by atoms with Gasteiger partial charge < -0.3 is 0 Å². The van der Waals surface area contributed by atoms with Crippen molar-refractivity contribution in [1.29, 1.82) is 0 Å². The molecule has 0 saturated carbocycles. The van der Waals surface area contributed by atoms with Gasteiger partial charge in [-0.2, -0.15) is 0 Å². The molecule has 0 fully saturated rings. The second-order valence-corrected chi connectivity index (χ2v) is 10.6. The Morgan fingerprint density at radius 1 is 0.500 bits per heavy atom. The van der Waals surface area contributed by atoms with E-state index in [0.717, 1.165) is 38.2 Å². The van der Waals surface area contributed by atoms with Crippen LogP contribution in [0, 0.1) is 13.8 Å². The Bertz CT molecular complexity index is 1970. The molecule has 6 aromatic rings. The van der Waals surface area contributed by atoms with Gasteiger partial charge in [-0.1, -0.05) is 109 Å². The number of aryl methyl sites for hydroxylation is 2. The van der Waals surface area contributed by atoms with Crippen molar-refractivity contribution in [3.63, 3.8) is 0 Å². The molecule has 0 spiro atoms. The van der Waals surface area contributed by atoms with Crippen LogP contribution in [0.2, 0.25) is 0 Å². The molecule has 0 saturated heterocycles. The SMILES string of the molecule is Cc1ccc2ccccc2c1C(=O)c1c(P=O)ccc(-c2ccccc2)c1C(=O)c1c(C)ccc2ccccc12. The first kappa shape index (κ1) is 25.6. The van der Waals surface area contributed by atoms with Crippen LogP contribution >= 0.6 is 8.46 Å². The molecule has 0 aliphatic heterocycles. The molecule has 0 unspecified atom stereocenters. The molecule has 0 amide bonds. The molecule has 40 heavy (non-hydrogen) atoms. The van der Waals surface area contributed by atoms with E-state index < -0.39 is 0 Å². The van der Waals surface area contributed by atoms with E-state index in [1.54, 1.807) is 12.1 Å². The van der Waals surface area contributed by atoms with E-state index in [4.69, 9.17) is 0 Å². The van der Waals surface area contributed by atoms with Gasteiger partial charge in [0.1, 0.15) is 0 Å². The number of rotatable bonds is 6. The zero-order valence-corrected chi connectivity index (χ0v) is 23.0. The summed E-state index contributed by atoms with van der Waals surface area (Å²) in [6.45, 7) is 3.81. The maximum atomic E-state index is 14.8. The molecule has 192 valence electrons. The maximum Gasteiger partial charge on any atom is 0.195 e. The fourth-order valence-electron chi connectivity index (χ4n) is 5.61. The average Bonchev–Trinajstić information content (AvgIpc) is 3.00.